The lowest BCUT2D eigenvalue weighted by atomic mass is 10.2. The van der Waals surface area contributed by atoms with Gasteiger partial charge in [0.1, 0.15) is 5.82 Å². The van der Waals surface area contributed by atoms with Crippen molar-refractivity contribution >= 4 is 27.4 Å². The van der Waals surface area contributed by atoms with Gasteiger partial charge in [0.2, 0.25) is 0 Å². The molecule has 1 saturated heterocycles. The average molecular weight is 288 g/mol. The van der Waals surface area contributed by atoms with E-state index in [2.05, 4.69) is 20.9 Å². The van der Waals surface area contributed by atoms with Gasteiger partial charge in [0.15, 0.2) is 0 Å². The quantitative estimate of drug-likeness (QED) is 0.691. The monoisotopic (exact) mass is 287 g/mol. The fraction of sp³-hybridized carbons (Fsp3) is 0.500. The van der Waals surface area contributed by atoms with E-state index < -0.39 is 12.2 Å². The first kappa shape index (κ1) is 11.6. The van der Waals surface area contributed by atoms with Crippen LogP contribution in [-0.2, 0) is 0 Å². The molecule has 1 aromatic rings. The molecule has 5 nitrogen and oxygen atoms in total. The predicted octanol–water partition coefficient (Wildman–Crippen LogP) is 0.277. The molecule has 6 heteroatoms. The lowest BCUT2D eigenvalue weighted by Crippen LogP contribution is -2.23. The molecule has 2 rings (SSSR count). The van der Waals surface area contributed by atoms with Crippen LogP contribution in [-0.4, -0.2) is 40.5 Å². The number of aliphatic hydroxyl groups is 2. The number of pyridine rings is 1. The summed E-state index contributed by atoms with van der Waals surface area (Å²) in [6, 6.07) is 0. The Labute approximate surface area is 102 Å². The molecule has 0 saturated carbocycles. The van der Waals surface area contributed by atoms with Crippen LogP contribution in [0.15, 0.2) is 10.7 Å². The number of anilines is 2. The summed E-state index contributed by atoms with van der Waals surface area (Å²) in [5, 5.41) is 19.0. The van der Waals surface area contributed by atoms with E-state index in [1.54, 1.807) is 6.20 Å². The van der Waals surface area contributed by atoms with Gasteiger partial charge < -0.3 is 20.8 Å². The molecule has 1 aliphatic heterocycles. The number of halogens is 1. The second-order valence-corrected chi connectivity index (χ2v) is 4.81. The average Bonchev–Trinajstić information content (AvgIpc) is 2.56. The molecule has 2 atom stereocenters. The van der Waals surface area contributed by atoms with E-state index in [9.17, 15) is 10.2 Å². The van der Waals surface area contributed by atoms with Crippen molar-refractivity contribution in [1.29, 1.82) is 0 Å². The number of nitrogen functional groups attached to an aromatic ring is 1. The van der Waals surface area contributed by atoms with Crippen molar-refractivity contribution in [3.05, 3.63) is 16.2 Å². The maximum Gasteiger partial charge on any atom is 0.143 e. The lowest BCUT2D eigenvalue weighted by molar-refractivity contribution is 0.0572. The van der Waals surface area contributed by atoms with E-state index in [1.807, 2.05) is 11.8 Å². The minimum absolute atomic E-state index is 0.385. The zero-order valence-electron chi connectivity index (χ0n) is 8.89. The smallest absolute Gasteiger partial charge is 0.143 e. The summed E-state index contributed by atoms with van der Waals surface area (Å²) in [6.45, 7) is 2.67. The normalized spacial score (nSPS) is 25.1. The highest BCUT2D eigenvalue weighted by molar-refractivity contribution is 9.10. The Bertz CT molecular complexity index is 403. The number of β-amino-alcohol motifs (C(OH)–C–C–N with tert-alkyl or cyclic N) is 2. The fourth-order valence-electron chi connectivity index (χ4n) is 1.74. The molecule has 1 aliphatic rings. The van der Waals surface area contributed by atoms with Gasteiger partial charge in [0.25, 0.3) is 0 Å². The number of aromatic nitrogens is 1. The first-order chi connectivity index (χ1) is 7.50. The second kappa shape index (κ2) is 4.20. The van der Waals surface area contributed by atoms with Gasteiger partial charge in [-0.15, -0.1) is 0 Å². The molecule has 0 bridgehead atoms. The maximum atomic E-state index is 9.48. The van der Waals surface area contributed by atoms with Crippen molar-refractivity contribution in [1.82, 2.24) is 4.98 Å². The van der Waals surface area contributed by atoms with Gasteiger partial charge in [-0.3, -0.25) is 0 Å². The molecular weight excluding hydrogens is 274 g/mol. The molecule has 0 radical (unpaired) electrons. The van der Waals surface area contributed by atoms with Crippen LogP contribution in [0.1, 0.15) is 5.56 Å². The summed E-state index contributed by atoms with van der Waals surface area (Å²) in [5.74, 6) is 0.710. The van der Waals surface area contributed by atoms with Crippen LogP contribution in [0.25, 0.3) is 0 Å². The standard InChI is InChI=1S/C10H14BrN3O2/c1-5-6(12)2-13-10(9(5)11)14-3-7(15)8(16)4-14/h2,7-8,15-16H,3-4,12H2,1H3. The maximum absolute atomic E-state index is 9.48. The van der Waals surface area contributed by atoms with Crippen molar-refractivity contribution in [2.24, 2.45) is 0 Å². The number of aliphatic hydroxyl groups excluding tert-OH is 2. The Morgan fingerprint density at radius 1 is 1.44 bits per heavy atom. The van der Waals surface area contributed by atoms with Crippen molar-refractivity contribution in [2.45, 2.75) is 19.1 Å². The highest BCUT2D eigenvalue weighted by atomic mass is 79.9. The summed E-state index contributed by atoms with van der Waals surface area (Å²) < 4.78 is 0.814. The molecule has 1 aromatic heterocycles. The van der Waals surface area contributed by atoms with Crippen molar-refractivity contribution < 1.29 is 10.2 Å². The Morgan fingerprint density at radius 3 is 2.56 bits per heavy atom. The SMILES string of the molecule is Cc1c(N)cnc(N2CC(O)C(O)C2)c1Br. The van der Waals surface area contributed by atoms with Crippen LogP contribution in [0.2, 0.25) is 0 Å². The Hall–Kier alpha value is -0.850. The van der Waals surface area contributed by atoms with E-state index in [0.29, 0.717) is 24.6 Å². The van der Waals surface area contributed by atoms with Crippen LogP contribution in [0.3, 0.4) is 0 Å². The molecule has 1 fully saturated rings. The fourth-order valence-corrected chi connectivity index (χ4v) is 2.32. The summed E-state index contributed by atoms with van der Waals surface area (Å²) >= 11 is 3.43. The van der Waals surface area contributed by atoms with Crippen molar-refractivity contribution in [3.63, 3.8) is 0 Å². The summed E-state index contributed by atoms with van der Waals surface area (Å²) in [6.07, 6.45) is 0.157. The molecule has 0 aromatic carbocycles. The summed E-state index contributed by atoms with van der Waals surface area (Å²) in [4.78, 5) is 6.06. The van der Waals surface area contributed by atoms with E-state index in [1.165, 1.54) is 0 Å². The van der Waals surface area contributed by atoms with Crippen LogP contribution in [0.4, 0.5) is 11.5 Å². The van der Waals surface area contributed by atoms with Gasteiger partial charge >= 0.3 is 0 Å². The van der Waals surface area contributed by atoms with Gasteiger partial charge in [-0.1, -0.05) is 0 Å². The van der Waals surface area contributed by atoms with E-state index in [4.69, 9.17) is 5.73 Å². The minimum atomic E-state index is -0.716. The van der Waals surface area contributed by atoms with Gasteiger partial charge in [-0.25, -0.2) is 4.98 Å². The Kier molecular flexibility index (Phi) is 3.05. The number of hydrogen-bond acceptors (Lipinski definition) is 5. The summed E-state index contributed by atoms with van der Waals surface area (Å²) in [5.41, 5.74) is 7.27. The van der Waals surface area contributed by atoms with E-state index in [-0.39, 0.29) is 0 Å². The third-order valence-electron chi connectivity index (χ3n) is 2.84. The molecule has 0 spiro atoms. The molecule has 0 aliphatic carbocycles. The third-order valence-corrected chi connectivity index (χ3v) is 3.79. The van der Waals surface area contributed by atoms with Gasteiger partial charge in [0.05, 0.1) is 28.6 Å². The molecule has 88 valence electrons. The van der Waals surface area contributed by atoms with Crippen LogP contribution in [0.5, 0.6) is 0 Å². The highest BCUT2D eigenvalue weighted by Crippen LogP contribution is 2.32. The molecule has 16 heavy (non-hydrogen) atoms. The van der Waals surface area contributed by atoms with E-state index in [0.717, 1.165) is 10.0 Å². The zero-order chi connectivity index (χ0) is 11.9. The van der Waals surface area contributed by atoms with E-state index >= 15 is 0 Å². The number of rotatable bonds is 1. The molecule has 2 unspecified atom stereocenters. The molecular formula is C10H14BrN3O2. The van der Waals surface area contributed by atoms with Crippen LogP contribution < -0.4 is 10.6 Å². The van der Waals surface area contributed by atoms with Crippen LogP contribution >= 0.6 is 15.9 Å². The first-order valence-corrected chi connectivity index (χ1v) is 5.81. The first-order valence-electron chi connectivity index (χ1n) is 5.02. The molecule has 4 N–H and O–H groups in total. The van der Waals surface area contributed by atoms with Gasteiger partial charge in [0, 0.05) is 13.1 Å². The minimum Gasteiger partial charge on any atom is -0.397 e. The second-order valence-electron chi connectivity index (χ2n) is 4.02. The lowest BCUT2D eigenvalue weighted by Gasteiger charge is -2.19. The third kappa shape index (κ3) is 1.88. The molecule has 2 heterocycles. The largest absolute Gasteiger partial charge is 0.397 e. The summed E-state index contributed by atoms with van der Waals surface area (Å²) in [7, 11) is 0. The zero-order valence-corrected chi connectivity index (χ0v) is 10.5. The van der Waals surface area contributed by atoms with Crippen molar-refractivity contribution in [2.75, 3.05) is 23.7 Å². The van der Waals surface area contributed by atoms with Crippen molar-refractivity contribution in [3.8, 4) is 0 Å². The highest BCUT2D eigenvalue weighted by Gasteiger charge is 2.31. The number of nitrogens with zero attached hydrogens (tertiary/aromatic N) is 2. The Balaban J connectivity index is 2.32. The Morgan fingerprint density at radius 2 is 2.00 bits per heavy atom. The van der Waals surface area contributed by atoms with Gasteiger partial charge in [-0.05, 0) is 28.4 Å². The molecule has 0 amide bonds. The number of hydrogen-bond donors (Lipinski definition) is 3. The number of nitrogens with two attached hydrogens (primary N) is 1. The van der Waals surface area contributed by atoms with Crippen LogP contribution in [0, 0.1) is 6.92 Å². The topological polar surface area (TPSA) is 82.6 Å². The van der Waals surface area contributed by atoms with Gasteiger partial charge in [-0.2, -0.15) is 0 Å². The predicted molar refractivity (Wildman–Crippen MR) is 65.3 cm³/mol.